The van der Waals surface area contributed by atoms with Crippen molar-refractivity contribution in [3.63, 3.8) is 0 Å². The Morgan fingerprint density at radius 2 is 2.15 bits per heavy atom. The third kappa shape index (κ3) is 2.12. The molecule has 0 saturated carbocycles. The van der Waals surface area contributed by atoms with Crippen LogP contribution in [0, 0.1) is 10.1 Å². The molecule has 1 N–H and O–H groups in total. The number of non-ortho nitro benzene ring substituents is 1. The molecule has 3 rings (SSSR count). The fraction of sp³-hybridized carbons (Fsp3) is 0.364. The lowest BCUT2D eigenvalue weighted by Gasteiger charge is -2.22. The van der Waals surface area contributed by atoms with Crippen molar-refractivity contribution in [3.05, 3.63) is 34.4 Å². The van der Waals surface area contributed by atoms with Gasteiger partial charge in [0.15, 0.2) is 14.9 Å². The van der Waals surface area contributed by atoms with Gasteiger partial charge >= 0.3 is 0 Å². The summed E-state index contributed by atoms with van der Waals surface area (Å²) >= 11 is 5.21. The number of nitrogens with zero attached hydrogens (tertiary/aromatic N) is 2. The van der Waals surface area contributed by atoms with Gasteiger partial charge in [-0.05, 0) is 18.3 Å². The zero-order valence-electron chi connectivity index (χ0n) is 10.2. The molecule has 20 heavy (non-hydrogen) atoms. The summed E-state index contributed by atoms with van der Waals surface area (Å²) in [6.45, 7) is 0. The van der Waals surface area contributed by atoms with Crippen LogP contribution < -0.4 is 10.2 Å². The summed E-state index contributed by atoms with van der Waals surface area (Å²) in [4.78, 5) is 12.0. The fourth-order valence-corrected chi connectivity index (χ4v) is 4.95. The van der Waals surface area contributed by atoms with Crippen LogP contribution in [0.15, 0.2) is 24.3 Å². The monoisotopic (exact) mass is 313 g/mol. The molecule has 2 aliphatic rings. The van der Waals surface area contributed by atoms with E-state index < -0.39 is 14.8 Å². The Morgan fingerprint density at radius 3 is 2.85 bits per heavy atom. The van der Waals surface area contributed by atoms with Gasteiger partial charge in [-0.25, -0.2) is 8.42 Å². The minimum Gasteiger partial charge on any atom is -0.356 e. The number of rotatable bonds is 2. The van der Waals surface area contributed by atoms with Crippen LogP contribution in [-0.4, -0.2) is 42.0 Å². The van der Waals surface area contributed by atoms with Crippen LogP contribution in [0.3, 0.4) is 0 Å². The summed E-state index contributed by atoms with van der Waals surface area (Å²) in [6, 6.07) is 5.50. The Bertz CT molecular complexity index is 703. The van der Waals surface area contributed by atoms with E-state index in [9.17, 15) is 18.5 Å². The number of hydrogen-bond donors (Lipinski definition) is 1. The number of benzene rings is 1. The highest BCUT2D eigenvalue weighted by molar-refractivity contribution is 7.91. The zero-order valence-corrected chi connectivity index (χ0v) is 11.9. The van der Waals surface area contributed by atoms with Crippen molar-refractivity contribution in [2.24, 2.45) is 0 Å². The average molecular weight is 313 g/mol. The first-order valence-electron chi connectivity index (χ1n) is 5.92. The van der Waals surface area contributed by atoms with Crippen LogP contribution in [0.4, 0.5) is 11.4 Å². The number of nitro groups is 1. The SMILES string of the molecule is O=[N+]([O-])c1cccc(N2C(=S)NC3CS(=O)(=O)CC32)c1. The maximum absolute atomic E-state index is 11.7. The van der Waals surface area contributed by atoms with Crippen LogP contribution in [-0.2, 0) is 9.84 Å². The molecular weight excluding hydrogens is 302 g/mol. The molecule has 2 aliphatic heterocycles. The molecule has 9 heteroatoms. The number of fused-ring (bicyclic) bond motifs is 1. The summed E-state index contributed by atoms with van der Waals surface area (Å²) < 4.78 is 23.4. The summed E-state index contributed by atoms with van der Waals surface area (Å²) in [5, 5.41) is 14.2. The lowest BCUT2D eigenvalue weighted by atomic mass is 10.1. The van der Waals surface area contributed by atoms with E-state index in [2.05, 4.69) is 5.32 Å². The first-order chi connectivity index (χ1) is 9.37. The number of nitro benzene ring substituents is 1. The Balaban J connectivity index is 1.99. The molecule has 2 heterocycles. The van der Waals surface area contributed by atoms with Gasteiger partial charge in [0.2, 0.25) is 0 Å². The van der Waals surface area contributed by atoms with E-state index in [-0.39, 0.29) is 29.3 Å². The van der Waals surface area contributed by atoms with Gasteiger partial charge in [0.05, 0.1) is 34.2 Å². The molecule has 0 amide bonds. The molecule has 0 bridgehead atoms. The Hall–Kier alpha value is -1.74. The Morgan fingerprint density at radius 1 is 1.40 bits per heavy atom. The van der Waals surface area contributed by atoms with Crippen LogP contribution in [0.2, 0.25) is 0 Å². The Labute approximate surface area is 120 Å². The van der Waals surface area contributed by atoms with E-state index in [1.54, 1.807) is 17.0 Å². The third-order valence-corrected chi connectivity index (χ3v) is 5.53. The highest BCUT2D eigenvalue weighted by Crippen LogP contribution is 2.31. The molecule has 2 saturated heterocycles. The van der Waals surface area contributed by atoms with Gasteiger partial charge < -0.3 is 10.2 Å². The Kier molecular flexibility index (Phi) is 2.91. The fourth-order valence-electron chi connectivity index (χ4n) is 2.67. The van der Waals surface area contributed by atoms with Gasteiger partial charge in [-0.3, -0.25) is 10.1 Å². The minimum atomic E-state index is -3.09. The second-order valence-corrected chi connectivity index (χ2v) is 7.39. The van der Waals surface area contributed by atoms with Gasteiger partial charge in [0.1, 0.15) is 0 Å². The van der Waals surface area contributed by atoms with E-state index in [1.807, 2.05) is 0 Å². The first-order valence-corrected chi connectivity index (χ1v) is 8.15. The van der Waals surface area contributed by atoms with Crippen molar-refractivity contribution in [3.8, 4) is 0 Å². The van der Waals surface area contributed by atoms with Gasteiger partial charge in [-0.15, -0.1) is 0 Å². The molecule has 2 atom stereocenters. The second-order valence-electron chi connectivity index (χ2n) is 4.85. The lowest BCUT2D eigenvalue weighted by Crippen LogP contribution is -2.36. The highest BCUT2D eigenvalue weighted by Gasteiger charge is 2.47. The quantitative estimate of drug-likeness (QED) is 0.481. The molecular formula is C11H11N3O4S2. The molecule has 1 aromatic carbocycles. The van der Waals surface area contributed by atoms with E-state index in [4.69, 9.17) is 12.2 Å². The van der Waals surface area contributed by atoms with Crippen LogP contribution >= 0.6 is 12.2 Å². The van der Waals surface area contributed by atoms with Gasteiger partial charge in [-0.2, -0.15) is 0 Å². The number of anilines is 1. The standard InChI is InChI=1S/C11H11N3O4S2/c15-14(16)8-3-1-2-7(4-8)13-10-6-20(17,18)5-9(10)12-11(13)19/h1-4,9-10H,5-6H2,(H,12,19). The summed E-state index contributed by atoms with van der Waals surface area (Å²) in [5.41, 5.74) is 0.496. The molecule has 106 valence electrons. The first kappa shape index (κ1) is 13.3. The largest absolute Gasteiger partial charge is 0.356 e. The van der Waals surface area contributed by atoms with E-state index in [1.165, 1.54) is 12.1 Å². The average Bonchev–Trinajstić information content (AvgIpc) is 2.79. The molecule has 1 aromatic rings. The van der Waals surface area contributed by atoms with E-state index >= 15 is 0 Å². The van der Waals surface area contributed by atoms with Gasteiger partial charge in [0, 0.05) is 12.1 Å². The molecule has 0 aliphatic carbocycles. The predicted octanol–water partition coefficient (Wildman–Crippen LogP) is 0.455. The zero-order chi connectivity index (χ0) is 14.5. The van der Waals surface area contributed by atoms with Crippen LogP contribution in [0.1, 0.15) is 0 Å². The molecule has 2 unspecified atom stereocenters. The molecule has 0 aromatic heterocycles. The number of sulfone groups is 1. The van der Waals surface area contributed by atoms with Crippen molar-refractivity contribution in [1.82, 2.24) is 5.32 Å². The minimum absolute atomic E-state index is 0.00744. The normalized spacial score (nSPS) is 27.2. The second kappa shape index (κ2) is 4.38. The smallest absolute Gasteiger partial charge is 0.271 e. The van der Waals surface area contributed by atoms with Crippen molar-refractivity contribution >= 4 is 38.5 Å². The number of thiocarbonyl (C=S) groups is 1. The summed E-state index contributed by atoms with van der Waals surface area (Å²) in [7, 11) is -3.09. The van der Waals surface area contributed by atoms with Crippen molar-refractivity contribution in [2.45, 2.75) is 12.1 Å². The number of hydrogen-bond acceptors (Lipinski definition) is 5. The molecule has 0 spiro atoms. The predicted molar refractivity (Wildman–Crippen MR) is 77.5 cm³/mol. The van der Waals surface area contributed by atoms with Crippen molar-refractivity contribution in [1.29, 1.82) is 0 Å². The molecule has 0 radical (unpaired) electrons. The summed E-state index contributed by atoms with van der Waals surface area (Å²) in [6.07, 6.45) is 0. The van der Waals surface area contributed by atoms with E-state index in [0.717, 1.165) is 0 Å². The maximum atomic E-state index is 11.7. The third-order valence-electron chi connectivity index (χ3n) is 3.50. The highest BCUT2D eigenvalue weighted by atomic mass is 32.2. The van der Waals surface area contributed by atoms with Crippen molar-refractivity contribution in [2.75, 3.05) is 16.4 Å². The topological polar surface area (TPSA) is 92.6 Å². The van der Waals surface area contributed by atoms with E-state index in [0.29, 0.717) is 10.8 Å². The van der Waals surface area contributed by atoms with Gasteiger partial charge in [-0.1, -0.05) is 6.07 Å². The number of nitrogens with one attached hydrogen (secondary N) is 1. The van der Waals surface area contributed by atoms with Crippen molar-refractivity contribution < 1.29 is 13.3 Å². The van der Waals surface area contributed by atoms with Crippen LogP contribution in [0.25, 0.3) is 0 Å². The van der Waals surface area contributed by atoms with Gasteiger partial charge in [0.25, 0.3) is 5.69 Å². The molecule has 2 fully saturated rings. The lowest BCUT2D eigenvalue weighted by molar-refractivity contribution is -0.384. The molecule has 7 nitrogen and oxygen atoms in total. The summed E-state index contributed by atoms with van der Waals surface area (Å²) in [5.74, 6) is 0.0523. The van der Waals surface area contributed by atoms with Crippen LogP contribution in [0.5, 0.6) is 0 Å². The maximum Gasteiger partial charge on any atom is 0.271 e.